The molecule has 0 amide bonds. The summed E-state index contributed by atoms with van der Waals surface area (Å²) >= 11 is 0. The fraction of sp³-hybridized carbons (Fsp3) is 0.976. The first-order valence-electron chi connectivity index (χ1n) is 21.0. The van der Waals surface area contributed by atoms with Crippen LogP contribution in [0.2, 0.25) is 0 Å². The zero-order valence-corrected chi connectivity index (χ0v) is 30.9. The number of carbonyl (C=O) groups is 1. The first kappa shape index (κ1) is 43.5. The molecule has 0 radical (unpaired) electrons. The average Bonchev–Trinajstić information content (AvgIpc) is 3.03. The van der Waals surface area contributed by atoms with Crippen molar-refractivity contribution in [3.63, 3.8) is 0 Å². The number of unbranched alkanes of at least 4 members (excludes halogenated alkanes) is 35. The van der Waals surface area contributed by atoms with E-state index in [2.05, 4.69) is 13.8 Å². The van der Waals surface area contributed by atoms with Gasteiger partial charge in [-0.1, -0.05) is 239 Å². The third kappa shape index (κ3) is 39.5. The van der Waals surface area contributed by atoms with Crippen LogP contribution in [0.15, 0.2) is 0 Å². The Balaban J connectivity index is 3.13. The van der Waals surface area contributed by atoms with Gasteiger partial charge in [-0.05, 0) is 12.8 Å². The van der Waals surface area contributed by atoms with Crippen LogP contribution >= 0.6 is 0 Å². The van der Waals surface area contributed by atoms with Crippen molar-refractivity contribution in [3.05, 3.63) is 0 Å². The molecule has 2 heteroatoms. The van der Waals surface area contributed by atoms with Crippen molar-refractivity contribution in [1.29, 1.82) is 0 Å². The van der Waals surface area contributed by atoms with E-state index < -0.39 is 0 Å². The van der Waals surface area contributed by atoms with E-state index >= 15 is 0 Å². The van der Waals surface area contributed by atoms with Crippen LogP contribution in [-0.4, -0.2) is 12.6 Å². The molecule has 0 aromatic rings. The summed E-state index contributed by atoms with van der Waals surface area (Å²) in [5.74, 6) is 0.0298. The molecule has 0 unspecified atom stereocenters. The minimum absolute atomic E-state index is 0.0298. The largest absolute Gasteiger partial charge is 0.466 e. The molecule has 0 aromatic heterocycles. The molecule has 0 atom stereocenters. The van der Waals surface area contributed by atoms with Gasteiger partial charge in [-0.15, -0.1) is 0 Å². The molecule has 0 bridgehead atoms. The van der Waals surface area contributed by atoms with Gasteiger partial charge in [-0.25, -0.2) is 0 Å². The van der Waals surface area contributed by atoms with Gasteiger partial charge in [-0.3, -0.25) is 4.79 Å². The number of hydrogen-bond donors (Lipinski definition) is 0. The lowest BCUT2D eigenvalue weighted by Crippen LogP contribution is -2.05. The molecule has 0 aromatic carbocycles. The maximum atomic E-state index is 12.0. The van der Waals surface area contributed by atoms with Gasteiger partial charge in [0.25, 0.3) is 0 Å². The third-order valence-corrected chi connectivity index (χ3v) is 9.75. The quantitative estimate of drug-likeness (QED) is 0.0505. The van der Waals surface area contributed by atoms with E-state index in [0.29, 0.717) is 13.0 Å². The zero-order chi connectivity index (χ0) is 31.9. The molecular weight excluding hydrogens is 536 g/mol. The first-order chi connectivity index (χ1) is 21.8. The second kappa shape index (κ2) is 40.5. The monoisotopic (exact) mass is 621 g/mol. The number of hydrogen-bond acceptors (Lipinski definition) is 2. The SMILES string of the molecule is CCCCCCCCCCCCCCCCCCCCCCCCCCOC(=O)CCCCCCCCCCCCCCC. The van der Waals surface area contributed by atoms with Gasteiger partial charge < -0.3 is 4.74 Å². The minimum Gasteiger partial charge on any atom is -0.466 e. The normalized spacial score (nSPS) is 11.4. The van der Waals surface area contributed by atoms with Crippen LogP contribution in [-0.2, 0) is 9.53 Å². The molecule has 0 saturated carbocycles. The first-order valence-corrected chi connectivity index (χ1v) is 21.0. The highest BCUT2D eigenvalue weighted by Crippen LogP contribution is 2.16. The number of carbonyl (C=O) groups excluding carboxylic acids is 1. The Labute approximate surface area is 279 Å². The van der Waals surface area contributed by atoms with Crippen molar-refractivity contribution >= 4 is 5.97 Å². The van der Waals surface area contributed by atoms with Crippen molar-refractivity contribution in [3.8, 4) is 0 Å². The highest BCUT2D eigenvalue weighted by molar-refractivity contribution is 5.69. The van der Waals surface area contributed by atoms with Crippen molar-refractivity contribution in [2.75, 3.05) is 6.61 Å². The Morgan fingerprint density at radius 3 is 0.750 bits per heavy atom. The molecular formula is C42H84O2. The van der Waals surface area contributed by atoms with E-state index in [4.69, 9.17) is 4.74 Å². The predicted octanol–water partition coefficient (Wildman–Crippen LogP) is 15.4. The highest BCUT2D eigenvalue weighted by atomic mass is 16.5. The smallest absolute Gasteiger partial charge is 0.305 e. The zero-order valence-electron chi connectivity index (χ0n) is 30.9. The van der Waals surface area contributed by atoms with Crippen molar-refractivity contribution < 1.29 is 9.53 Å². The maximum Gasteiger partial charge on any atom is 0.305 e. The van der Waals surface area contributed by atoms with E-state index in [0.717, 1.165) is 12.8 Å². The lowest BCUT2D eigenvalue weighted by molar-refractivity contribution is -0.143. The van der Waals surface area contributed by atoms with Gasteiger partial charge in [-0.2, -0.15) is 0 Å². The molecule has 0 saturated heterocycles. The summed E-state index contributed by atoms with van der Waals surface area (Å²) in [6, 6.07) is 0. The van der Waals surface area contributed by atoms with Crippen molar-refractivity contribution in [1.82, 2.24) is 0 Å². The van der Waals surface area contributed by atoms with E-state index in [1.54, 1.807) is 0 Å². The lowest BCUT2D eigenvalue weighted by Gasteiger charge is -2.06. The van der Waals surface area contributed by atoms with Gasteiger partial charge in [0, 0.05) is 6.42 Å². The molecule has 0 fully saturated rings. The minimum atomic E-state index is 0.0298. The van der Waals surface area contributed by atoms with E-state index in [1.165, 1.54) is 225 Å². The van der Waals surface area contributed by atoms with Crippen LogP contribution < -0.4 is 0 Å². The maximum absolute atomic E-state index is 12.0. The topological polar surface area (TPSA) is 26.3 Å². The molecule has 264 valence electrons. The van der Waals surface area contributed by atoms with E-state index in [1.807, 2.05) is 0 Å². The van der Waals surface area contributed by atoms with E-state index in [9.17, 15) is 4.79 Å². The molecule has 0 spiro atoms. The molecule has 0 aliphatic heterocycles. The highest BCUT2D eigenvalue weighted by Gasteiger charge is 2.03. The Kier molecular flexibility index (Phi) is 40.0. The summed E-state index contributed by atoms with van der Waals surface area (Å²) in [6.45, 7) is 5.22. The predicted molar refractivity (Wildman–Crippen MR) is 198 cm³/mol. The van der Waals surface area contributed by atoms with Crippen LogP contribution in [0.25, 0.3) is 0 Å². The van der Waals surface area contributed by atoms with E-state index in [-0.39, 0.29) is 5.97 Å². The second-order valence-corrected chi connectivity index (χ2v) is 14.3. The lowest BCUT2D eigenvalue weighted by atomic mass is 10.0. The van der Waals surface area contributed by atoms with Crippen LogP contribution in [0.1, 0.15) is 258 Å². The van der Waals surface area contributed by atoms with Crippen molar-refractivity contribution in [2.45, 2.75) is 258 Å². The average molecular weight is 621 g/mol. The van der Waals surface area contributed by atoms with Gasteiger partial charge in [0.15, 0.2) is 0 Å². The fourth-order valence-electron chi connectivity index (χ4n) is 6.61. The number of esters is 1. The van der Waals surface area contributed by atoms with Crippen molar-refractivity contribution in [2.24, 2.45) is 0 Å². The summed E-state index contributed by atoms with van der Waals surface area (Å²) in [5.41, 5.74) is 0. The number of rotatable bonds is 39. The Hall–Kier alpha value is -0.530. The molecule has 0 aliphatic rings. The number of ether oxygens (including phenoxy) is 1. The Morgan fingerprint density at radius 2 is 0.500 bits per heavy atom. The summed E-state index contributed by atoms with van der Waals surface area (Å²) in [7, 11) is 0. The molecule has 2 nitrogen and oxygen atoms in total. The van der Waals surface area contributed by atoms with Gasteiger partial charge in [0.1, 0.15) is 0 Å². The van der Waals surface area contributed by atoms with Crippen LogP contribution in [0, 0.1) is 0 Å². The third-order valence-electron chi connectivity index (χ3n) is 9.75. The Bertz CT molecular complexity index is 516. The molecule has 0 rings (SSSR count). The van der Waals surface area contributed by atoms with Crippen LogP contribution in [0.4, 0.5) is 0 Å². The summed E-state index contributed by atoms with van der Waals surface area (Å²) < 4.78 is 5.46. The second-order valence-electron chi connectivity index (χ2n) is 14.3. The molecule has 0 N–H and O–H groups in total. The molecule has 0 aliphatic carbocycles. The summed E-state index contributed by atoms with van der Waals surface area (Å²) in [6.07, 6.45) is 52.0. The standard InChI is InChI=1S/C42H84O2/c1-3-5-7-9-11-13-15-17-18-19-20-21-22-23-24-25-26-27-29-31-33-35-37-39-41-44-42(43)40-38-36-34-32-30-28-16-14-12-10-8-6-4-2/h3-41H2,1-2H3. The van der Waals surface area contributed by atoms with Crippen LogP contribution in [0.3, 0.4) is 0 Å². The van der Waals surface area contributed by atoms with Gasteiger partial charge >= 0.3 is 5.97 Å². The van der Waals surface area contributed by atoms with Crippen LogP contribution in [0.5, 0.6) is 0 Å². The van der Waals surface area contributed by atoms with Gasteiger partial charge in [0.2, 0.25) is 0 Å². The molecule has 0 heterocycles. The summed E-state index contributed by atoms with van der Waals surface area (Å²) in [4.78, 5) is 12.0. The Morgan fingerprint density at radius 1 is 0.295 bits per heavy atom. The molecule has 44 heavy (non-hydrogen) atoms. The van der Waals surface area contributed by atoms with Gasteiger partial charge in [0.05, 0.1) is 6.61 Å². The fourth-order valence-corrected chi connectivity index (χ4v) is 6.61. The summed E-state index contributed by atoms with van der Waals surface area (Å²) in [5, 5.41) is 0.